The van der Waals surface area contributed by atoms with Crippen LogP contribution in [0.1, 0.15) is 5.56 Å². The second-order valence-electron chi connectivity index (χ2n) is 5.36. The van der Waals surface area contributed by atoms with Crippen molar-refractivity contribution in [3.8, 4) is 0 Å². The van der Waals surface area contributed by atoms with E-state index >= 15 is 0 Å². The smallest absolute Gasteiger partial charge is 0.308 e. The van der Waals surface area contributed by atoms with Crippen LogP contribution >= 0.6 is 50.7 Å². The fourth-order valence-corrected chi connectivity index (χ4v) is 3.15. The number of amides is 2. The number of carbonyl (C=O) groups is 1. The fraction of sp³-hybridized carbons (Fsp3) is 0.0588. The first-order chi connectivity index (χ1) is 12.4. The predicted octanol–water partition coefficient (Wildman–Crippen LogP) is 6.30. The first-order valence-electron chi connectivity index (χ1n) is 7.41. The van der Waals surface area contributed by atoms with Crippen LogP contribution < -0.4 is 10.6 Å². The zero-order valence-corrected chi connectivity index (χ0v) is 17.0. The Morgan fingerprint density at radius 2 is 1.88 bits per heavy atom. The minimum Gasteiger partial charge on any atom is -0.308 e. The van der Waals surface area contributed by atoms with E-state index in [0.717, 1.165) is 5.56 Å². The van der Waals surface area contributed by atoms with Gasteiger partial charge in [-0.25, -0.2) is 4.79 Å². The van der Waals surface area contributed by atoms with Crippen molar-refractivity contribution in [2.45, 2.75) is 6.54 Å². The molecule has 0 spiro atoms. The Labute approximate surface area is 173 Å². The molecule has 0 aliphatic carbocycles. The molecule has 0 aliphatic rings. The molecule has 134 valence electrons. The summed E-state index contributed by atoms with van der Waals surface area (Å²) in [5, 5.41) is 11.2. The topological polar surface area (TPSA) is 59.0 Å². The Morgan fingerprint density at radius 3 is 2.62 bits per heavy atom. The fourth-order valence-electron chi connectivity index (χ4n) is 2.22. The van der Waals surface area contributed by atoms with Crippen molar-refractivity contribution in [1.29, 1.82) is 0 Å². The van der Waals surface area contributed by atoms with E-state index in [2.05, 4.69) is 31.7 Å². The van der Waals surface area contributed by atoms with Gasteiger partial charge in [0.1, 0.15) is 0 Å². The van der Waals surface area contributed by atoms with Crippen LogP contribution in [0.25, 0.3) is 0 Å². The molecule has 0 radical (unpaired) electrons. The highest BCUT2D eigenvalue weighted by Crippen LogP contribution is 2.25. The van der Waals surface area contributed by atoms with E-state index < -0.39 is 6.03 Å². The Balaban J connectivity index is 1.67. The zero-order chi connectivity index (χ0) is 18.7. The Hall–Kier alpha value is -1.73. The molecule has 2 N–H and O–H groups in total. The summed E-state index contributed by atoms with van der Waals surface area (Å²) >= 11 is 21.2. The molecule has 1 aromatic heterocycles. The number of nitrogens with one attached hydrogen (secondary N) is 2. The van der Waals surface area contributed by atoms with Gasteiger partial charge >= 0.3 is 6.03 Å². The molecule has 0 aliphatic heterocycles. The first kappa shape index (κ1) is 19.0. The van der Waals surface area contributed by atoms with Gasteiger partial charge in [-0.1, -0.05) is 46.9 Å². The summed E-state index contributed by atoms with van der Waals surface area (Å²) in [6.07, 6.45) is 1.76. The number of halogens is 4. The maximum atomic E-state index is 12.1. The van der Waals surface area contributed by atoms with Gasteiger partial charge in [0.2, 0.25) is 0 Å². The molecule has 5 nitrogen and oxygen atoms in total. The normalized spacial score (nSPS) is 10.6. The van der Waals surface area contributed by atoms with Crippen LogP contribution in [0, 0.1) is 0 Å². The number of anilines is 2. The molecule has 1 heterocycles. The highest BCUT2D eigenvalue weighted by molar-refractivity contribution is 9.10. The third kappa shape index (κ3) is 4.92. The second kappa shape index (κ2) is 8.31. The summed E-state index contributed by atoms with van der Waals surface area (Å²) in [6.45, 7) is 0.479. The van der Waals surface area contributed by atoms with Crippen molar-refractivity contribution in [2.24, 2.45) is 0 Å². The predicted molar refractivity (Wildman–Crippen MR) is 110 cm³/mol. The van der Waals surface area contributed by atoms with Crippen LogP contribution in [0.15, 0.2) is 53.1 Å². The number of hydrogen-bond donors (Lipinski definition) is 2. The number of hydrogen-bond acceptors (Lipinski definition) is 2. The van der Waals surface area contributed by atoms with Crippen LogP contribution in [0.2, 0.25) is 15.1 Å². The lowest BCUT2D eigenvalue weighted by molar-refractivity contribution is 0.262. The number of benzene rings is 2. The van der Waals surface area contributed by atoms with Crippen molar-refractivity contribution in [3.05, 3.63) is 73.8 Å². The molecular formula is C17H12BrCl3N4O. The van der Waals surface area contributed by atoms with Gasteiger partial charge < -0.3 is 5.32 Å². The van der Waals surface area contributed by atoms with Crippen molar-refractivity contribution < 1.29 is 4.79 Å². The minimum absolute atomic E-state index is 0.393. The van der Waals surface area contributed by atoms with Gasteiger partial charge in [-0.05, 0) is 51.8 Å². The Kier molecular flexibility index (Phi) is 6.09. The van der Waals surface area contributed by atoms with Crippen molar-refractivity contribution in [2.75, 3.05) is 10.6 Å². The number of urea groups is 1. The summed E-state index contributed by atoms with van der Waals surface area (Å²) in [4.78, 5) is 12.1. The number of carbonyl (C=O) groups excluding carboxylic acids is 1. The monoisotopic (exact) mass is 472 g/mol. The highest BCUT2D eigenvalue weighted by atomic mass is 79.9. The average molecular weight is 475 g/mol. The van der Waals surface area contributed by atoms with E-state index in [-0.39, 0.29) is 0 Å². The molecule has 0 bridgehead atoms. The van der Waals surface area contributed by atoms with Gasteiger partial charge in [0, 0.05) is 16.9 Å². The maximum Gasteiger partial charge on any atom is 0.324 e. The number of nitrogens with zero attached hydrogens (tertiary/aromatic N) is 2. The van der Waals surface area contributed by atoms with Crippen molar-refractivity contribution in [1.82, 2.24) is 9.78 Å². The van der Waals surface area contributed by atoms with Crippen molar-refractivity contribution in [3.63, 3.8) is 0 Å². The summed E-state index contributed by atoms with van der Waals surface area (Å²) < 4.78 is 2.33. The Bertz CT molecular complexity index is 961. The molecule has 0 atom stereocenters. The molecule has 3 rings (SSSR count). The van der Waals surface area contributed by atoms with Crippen LogP contribution in [0.3, 0.4) is 0 Å². The largest absolute Gasteiger partial charge is 0.324 e. The van der Waals surface area contributed by atoms with E-state index in [9.17, 15) is 4.79 Å². The van der Waals surface area contributed by atoms with E-state index in [1.54, 1.807) is 47.3 Å². The molecule has 2 aromatic carbocycles. The summed E-state index contributed by atoms with van der Waals surface area (Å²) in [5.74, 6) is 0.393. The summed E-state index contributed by atoms with van der Waals surface area (Å²) in [5.41, 5.74) is 1.52. The summed E-state index contributed by atoms with van der Waals surface area (Å²) in [7, 11) is 0. The second-order valence-corrected chi connectivity index (χ2v) is 7.47. The first-order valence-corrected chi connectivity index (χ1v) is 9.34. The average Bonchev–Trinajstić information content (AvgIpc) is 2.90. The number of aromatic nitrogens is 2. The van der Waals surface area contributed by atoms with Crippen LogP contribution in [-0.4, -0.2) is 15.8 Å². The van der Waals surface area contributed by atoms with E-state index in [0.29, 0.717) is 37.6 Å². The SMILES string of the molecule is O=C(Nc1cccc(Cl)c1)Nc1nn(Cc2ccc(Cl)c(Cl)c2)cc1Br. The molecule has 3 aromatic rings. The van der Waals surface area contributed by atoms with E-state index in [1.807, 2.05) is 6.07 Å². The molecule has 26 heavy (non-hydrogen) atoms. The van der Waals surface area contributed by atoms with Crippen molar-refractivity contribution >= 4 is 68.3 Å². The van der Waals surface area contributed by atoms with E-state index in [4.69, 9.17) is 34.8 Å². The molecule has 9 heteroatoms. The number of rotatable bonds is 4. The third-order valence-corrected chi connectivity index (χ3v) is 4.91. The van der Waals surface area contributed by atoms with Gasteiger partial charge in [-0.15, -0.1) is 0 Å². The van der Waals surface area contributed by atoms with Crippen LogP contribution in [-0.2, 0) is 6.54 Å². The van der Waals surface area contributed by atoms with Crippen LogP contribution in [0.5, 0.6) is 0 Å². The lowest BCUT2D eigenvalue weighted by Gasteiger charge is -2.06. The molecule has 2 amide bonds. The maximum absolute atomic E-state index is 12.1. The zero-order valence-electron chi connectivity index (χ0n) is 13.1. The van der Waals surface area contributed by atoms with Gasteiger partial charge in [0.25, 0.3) is 0 Å². The third-order valence-electron chi connectivity index (χ3n) is 3.36. The standard InChI is InChI=1S/C17H12BrCl3N4O/c18-13-9-25(8-10-4-5-14(20)15(21)6-10)24-16(13)23-17(26)22-12-3-1-2-11(19)7-12/h1-7,9H,8H2,(H2,22,23,24,26). The summed E-state index contributed by atoms with van der Waals surface area (Å²) in [6, 6.07) is 11.8. The Morgan fingerprint density at radius 1 is 1.08 bits per heavy atom. The molecule has 0 saturated heterocycles. The van der Waals surface area contributed by atoms with Gasteiger partial charge in [-0.2, -0.15) is 5.10 Å². The molecular weight excluding hydrogens is 462 g/mol. The molecule has 0 unspecified atom stereocenters. The quantitative estimate of drug-likeness (QED) is 0.466. The van der Waals surface area contributed by atoms with Gasteiger partial charge in [0.05, 0.1) is 21.1 Å². The minimum atomic E-state index is -0.423. The van der Waals surface area contributed by atoms with Crippen LogP contribution in [0.4, 0.5) is 16.3 Å². The molecule has 0 saturated carbocycles. The van der Waals surface area contributed by atoms with Gasteiger partial charge in [-0.3, -0.25) is 10.00 Å². The van der Waals surface area contributed by atoms with E-state index in [1.165, 1.54) is 0 Å². The lowest BCUT2D eigenvalue weighted by Crippen LogP contribution is -2.20. The highest BCUT2D eigenvalue weighted by Gasteiger charge is 2.11. The lowest BCUT2D eigenvalue weighted by atomic mass is 10.2. The van der Waals surface area contributed by atoms with Gasteiger partial charge in [0.15, 0.2) is 5.82 Å². The molecule has 0 fully saturated rings.